The van der Waals surface area contributed by atoms with Crippen LogP contribution in [0.25, 0.3) is 22.2 Å². The van der Waals surface area contributed by atoms with E-state index in [0.29, 0.717) is 40.8 Å². The van der Waals surface area contributed by atoms with Gasteiger partial charge in [0, 0.05) is 42.0 Å². The SMILES string of the molecule is COc1cc(-c2cncc(CO)n2)cc2cnc(Nc3cc(CN(C)C)cc(NC(C)=O)c3)nc12. The van der Waals surface area contributed by atoms with Crippen molar-refractivity contribution in [2.24, 2.45) is 0 Å². The van der Waals surface area contributed by atoms with Crippen molar-refractivity contribution in [1.82, 2.24) is 24.8 Å². The van der Waals surface area contributed by atoms with E-state index in [1.54, 1.807) is 19.5 Å². The topological polar surface area (TPSA) is 125 Å². The Kier molecular flexibility index (Phi) is 7.14. The fraction of sp³-hybridized carbons (Fsp3) is 0.240. The van der Waals surface area contributed by atoms with E-state index in [1.165, 1.54) is 13.1 Å². The van der Waals surface area contributed by atoms with Crippen LogP contribution in [0.4, 0.5) is 17.3 Å². The molecule has 180 valence electrons. The Morgan fingerprint density at radius 3 is 2.57 bits per heavy atom. The minimum Gasteiger partial charge on any atom is -0.494 e. The molecule has 0 atom stereocenters. The summed E-state index contributed by atoms with van der Waals surface area (Å²) < 4.78 is 5.61. The number of nitrogens with one attached hydrogen (secondary N) is 2. The number of aliphatic hydroxyl groups excluding tert-OH is 1. The summed E-state index contributed by atoms with van der Waals surface area (Å²) >= 11 is 0. The van der Waals surface area contributed by atoms with Gasteiger partial charge in [-0.2, -0.15) is 0 Å². The maximum Gasteiger partial charge on any atom is 0.227 e. The number of fused-ring (bicyclic) bond motifs is 1. The molecule has 0 aliphatic heterocycles. The average Bonchev–Trinajstić information content (AvgIpc) is 2.82. The number of hydrogen-bond donors (Lipinski definition) is 3. The second-order valence-electron chi connectivity index (χ2n) is 8.33. The van der Waals surface area contributed by atoms with Gasteiger partial charge in [0.2, 0.25) is 11.9 Å². The van der Waals surface area contributed by atoms with Crippen molar-refractivity contribution in [3.05, 3.63) is 60.2 Å². The number of carbonyl (C=O) groups excluding carboxylic acids is 1. The third-order valence-corrected chi connectivity index (χ3v) is 5.08. The van der Waals surface area contributed by atoms with Gasteiger partial charge in [-0.3, -0.25) is 9.78 Å². The van der Waals surface area contributed by atoms with Gasteiger partial charge in [0.1, 0.15) is 11.3 Å². The molecular formula is C25H27N7O3. The molecule has 3 N–H and O–H groups in total. The van der Waals surface area contributed by atoms with Gasteiger partial charge < -0.3 is 25.4 Å². The molecule has 0 aliphatic rings. The van der Waals surface area contributed by atoms with Gasteiger partial charge in [0.25, 0.3) is 0 Å². The summed E-state index contributed by atoms with van der Waals surface area (Å²) in [4.78, 5) is 31.4. The molecule has 0 bridgehead atoms. The number of ether oxygens (including phenoxy) is 1. The van der Waals surface area contributed by atoms with E-state index in [2.05, 4.69) is 30.6 Å². The Hall–Kier alpha value is -4.15. The molecule has 2 heterocycles. The lowest BCUT2D eigenvalue weighted by molar-refractivity contribution is -0.114. The summed E-state index contributed by atoms with van der Waals surface area (Å²) in [7, 11) is 5.54. The normalized spacial score (nSPS) is 11.0. The molecule has 1 amide bonds. The first-order chi connectivity index (χ1) is 16.8. The van der Waals surface area contributed by atoms with E-state index in [1.807, 2.05) is 49.3 Å². The van der Waals surface area contributed by atoms with Crippen molar-refractivity contribution in [2.45, 2.75) is 20.1 Å². The van der Waals surface area contributed by atoms with Crippen molar-refractivity contribution < 1.29 is 14.6 Å². The number of hydrogen-bond acceptors (Lipinski definition) is 9. The smallest absolute Gasteiger partial charge is 0.227 e. The molecule has 0 spiro atoms. The summed E-state index contributed by atoms with van der Waals surface area (Å²) in [6, 6.07) is 9.50. The Morgan fingerprint density at radius 2 is 1.86 bits per heavy atom. The van der Waals surface area contributed by atoms with Gasteiger partial charge in [0.05, 0.1) is 37.5 Å². The van der Waals surface area contributed by atoms with Crippen LogP contribution in [0.15, 0.2) is 48.9 Å². The fourth-order valence-corrected chi connectivity index (χ4v) is 3.72. The summed E-state index contributed by atoms with van der Waals surface area (Å²) in [6.45, 7) is 1.99. The molecule has 0 aliphatic carbocycles. The minimum atomic E-state index is -0.191. The zero-order chi connectivity index (χ0) is 24.9. The van der Waals surface area contributed by atoms with Crippen LogP contribution in [-0.4, -0.2) is 57.1 Å². The first-order valence-corrected chi connectivity index (χ1v) is 10.9. The zero-order valence-electron chi connectivity index (χ0n) is 20.0. The van der Waals surface area contributed by atoms with Gasteiger partial charge in [-0.05, 0) is 50.0 Å². The number of methoxy groups -OCH3 is 1. The molecule has 0 saturated carbocycles. The number of benzene rings is 2. The number of rotatable bonds is 8. The highest BCUT2D eigenvalue weighted by molar-refractivity contribution is 5.91. The highest BCUT2D eigenvalue weighted by Gasteiger charge is 2.12. The van der Waals surface area contributed by atoms with Crippen molar-refractivity contribution in [1.29, 1.82) is 0 Å². The number of carbonyl (C=O) groups is 1. The highest BCUT2D eigenvalue weighted by Crippen LogP contribution is 2.31. The third kappa shape index (κ3) is 5.86. The van der Waals surface area contributed by atoms with Gasteiger partial charge in [-0.1, -0.05) is 0 Å². The quantitative estimate of drug-likeness (QED) is 0.353. The van der Waals surface area contributed by atoms with Crippen molar-refractivity contribution in [2.75, 3.05) is 31.8 Å². The first kappa shape index (κ1) is 24.0. The van der Waals surface area contributed by atoms with Gasteiger partial charge >= 0.3 is 0 Å². The molecule has 10 heteroatoms. The zero-order valence-corrected chi connectivity index (χ0v) is 20.0. The minimum absolute atomic E-state index is 0.144. The van der Waals surface area contributed by atoms with E-state index in [-0.39, 0.29) is 12.5 Å². The second kappa shape index (κ2) is 10.4. The molecule has 2 aromatic heterocycles. The van der Waals surface area contributed by atoms with Gasteiger partial charge in [0.15, 0.2) is 0 Å². The molecule has 0 saturated heterocycles. The maximum absolute atomic E-state index is 11.6. The maximum atomic E-state index is 11.6. The van der Waals surface area contributed by atoms with Crippen LogP contribution < -0.4 is 15.4 Å². The number of aromatic nitrogens is 4. The largest absolute Gasteiger partial charge is 0.494 e. The van der Waals surface area contributed by atoms with Crippen LogP contribution in [0.3, 0.4) is 0 Å². The molecular weight excluding hydrogens is 446 g/mol. The molecule has 0 unspecified atom stereocenters. The van der Waals surface area contributed by atoms with Crippen LogP contribution in [-0.2, 0) is 17.9 Å². The monoisotopic (exact) mass is 473 g/mol. The van der Waals surface area contributed by atoms with Crippen LogP contribution in [0, 0.1) is 0 Å². The standard InChI is InChI=1S/C25H27N7O3/c1-15(34)28-19-5-16(13-32(2)3)6-20(9-19)30-25-27-10-18-7-17(8-23(35-4)24(18)31-25)22-12-26-11-21(14-33)29-22/h5-12,33H,13-14H2,1-4H3,(H,28,34)(H,27,30,31). The number of amides is 1. The van der Waals surface area contributed by atoms with Crippen molar-refractivity contribution >= 4 is 34.1 Å². The Bertz CT molecular complexity index is 1370. The number of aliphatic hydroxyl groups is 1. The Labute approximate surface area is 203 Å². The van der Waals surface area contributed by atoms with Crippen LogP contribution in [0.5, 0.6) is 5.75 Å². The van der Waals surface area contributed by atoms with Crippen LogP contribution in [0.1, 0.15) is 18.2 Å². The summed E-state index contributed by atoms with van der Waals surface area (Å²) in [5, 5.41) is 16.2. The number of nitrogens with zero attached hydrogens (tertiary/aromatic N) is 5. The van der Waals surface area contributed by atoms with E-state index in [0.717, 1.165) is 22.2 Å². The predicted molar refractivity (Wildman–Crippen MR) is 134 cm³/mol. The average molecular weight is 474 g/mol. The van der Waals surface area contributed by atoms with Crippen LogP contribution in [0.2, 0.25) is 0 Å². The Balaban J connectivity index is 1.70. The van der Waals surface area contributed by atoms with Crippen molar-refractivity contribution in [3.8, 4) is 17.0 Å². The molecule has 0 fully saturated rings. The van der Waals surface area contributed by atoms with E-state index >= 15 is 0 Å². The summed E-state index contributed by atoms with van der Waals surface area (Å²) in [5.74, 6) is 0.801. The summed E-state index contributed by atoms with van der Waals surface area (Å²) in [5.41, 5.74) is 4.96. The highest BCUT2D eigenvalue weighted by atomic mass is 16.5. The van der Waals surface area contributed by atoms with Crippen molar-refractivity contribution in [3.63, 3.8) is 0 Å². The lowest BCUT2D eigenvalue weighted by Crippen LogP contribution is -2.12. The first-order valence-electron chi connectivity index (χ1n) is 10.9. The van der Waals surface area contributed by atoms with Crippen LogP contribution >= 0.6 is 0 Å². The molecule has 10 nitrogen and oxygen atoms in total. The fourth-order valence-electron chi connectivity index (χ4n) is 3.72. The van der Waals surface area contributed by atoms with E-state index in [4.69, 9.17) is 4.74 Å². The molecule has 4 rings (SSSR count). The molecule has 35 heavy (non-hydrogen) atoms. The summed E-state index contributed by atoms with van der Waals surface area (Å²) in [6.07, 6.45) is 4.86. The lowest BCUT2D eigenvalue weighted by Gasteiger charge is -2.15. The predicted octanol–water partition coefficient (Wildman–Crippen LogP) is 3.35. The second-order valence-corrected chi connectivity index (χ2v) is 8.33. The van der Waals surface area contributed by atoms with Gasteiger partial charge in [-0.25, -0.2) is 15.0 Å². The Morgan fingerprint density at radius 1 is 1.06 bits per heavy atom. The lowest BCUT2D eigenvalue weighted by atomic mass is 10.1. The third-order valence-electron chi connectivity index (χ3n) is 5.08. The van der Waals surface area contributed by atoms with E-state index in [9.17, 15) is 9.90 Å². The number of anilines is 3. The van der Waals surface area contributed by atoms with E-state index < -0.39 is 0 Å². The van der Waals surface area contributed by atoms with Gasteiger partial charge in [-0.15, -0.1) is 0 Å². The molecule has 4 aromatic rings. The molecule has 0 radical (unpaired) electrons. The molecule has 2 aromatic carbocycles.